The van der Waals surface area contributed by atoms with E-state index < -0.39 is 5.41 Å². The number of hydrogen-bond acceptors (Lipinski definition) is 5. The average Bonchev–Trinajstić information content (AvgIpc) is 3.16. The molecule has 0 aliphatic heterocycles. The summed E-state index contributed by atoms with van der Waals surface area (Å²) in [5, 5.41) is 14.4. The number of amidine groups is 1. The summed E-state index contributed by atoms with van der Waals surface area (Å²) >= 11 is 0. The van der Waals surface area contributed by atoms with Crippen LogP contribution < -0.4 is 11.1 Å². The van der Waals surface area contributed by atoms with Gasteiger partial charge in [-0.05, 0) is 19.9 Å². The maximum atomic E-state index is 11.9. The second-order valence-corrected chi connectivity index (χ2v) is 4.62. The van der Waals surface area contributed by atoms with Gasteiger partial charge in [0.05, 0.1) is 6.61 Å². The fraction of sp³-hybridized carbons (Fsp3) is 0.818. The quantitative estimate of drug-likeness (QED) is 0.229. The highest BCUT2D eigenvalue weighted by molar-refractivity contribution is 6.09. The highest BCUT2D eigenvalue weighted by Crippen LogP contribution is 2.45. The summed E-state index contributed by atoms with van der Waals surface area (Å²) in [4.78, 5) is 14.0. The van der Waals surface area contributed by atoms with Gasteiger partial charge < -0.3 is 25.9 Å². The minimum atomic E-state index is -0.764. The van der Waals surface area contributed by atoms with Gasteiger partial charge in [-0.3, -0.25) is 4.79 Å². The molecule has 18 heavy (non-hydrogen) atoms. The molecular formula is C11H22N4O3. The van der Waals surface area contributed by atoms with Crippen LogP contribution in [0.3, 0.4) is 0 Å². The minimum absolute atomic E-state index is 0.00716. The van der Waals surface area contributed by atoms with Crippen LogP contribution in [0.5, 0.6) is 0 Å². The van der Waals surface area contributed by atoms with E-state index in [1.165, 1.54) is 0 Å². The van der Waals surface area contributed by atoms with Gasteiger partial charge in [0.15, 0.2) is 5.84 Å². The molecule has 1 rings (SSSR count). The molecule has 0 radical (unpaired) electrons. The van der Waals surface area contributed by atoms with E-state index in [4.69, 9.17) is 15.7 Å². The first kappa shape index (κ1) is 14.7. The Morgan fingerprint density at radius 2 is 2.22 bits per heavy atom. The predicted molar refractivity (Wildman–Crippen MR) is 67.5 cm³/mol. The molecule has 4 N–H and O–H groups in total. The van der Waals surface area contributed by atoms with Gasteiger partial charge in [0.1, 0.15) is 5.41 Å². The van der Waals surface area contributed by atoms with Crippen molar-refractivity contribution in [2.24, 2.45) is 16.3 Å². The molecule has 7 heteroatoms. The molecule has 0 spiro atoms. The summed E-state index contributed by atoms with van der Waals surface area (Å²) < 4.78 is 4.96. The van der Waals surface area contributed by atoms with E-state index >= 15 is 0 Å². The standard InChI is InChI=1S/C11H22N4O3/c1-15(7-8-18-2)6-5-13-10(16)11(3-4-11)9(12)14-17/h17H,3-8H2,1-2H3,(H2,12,14)(H,13,16). The highest BCUT2D eigenvalue weighted by atomic mass is 16.5. The lowest BCUT2D eigenvalue weighted by Crippen LogP contribution is -2.43. The molecule has 1 saturated carbocycles. The number of carbonyl (C=O) groups is 1. The van der Waals surface area contributed by atoms with Gasteiger partial charge in [0, 0.05) is 26.7 Å². The summed E-state index contributed by atoms with van der Waals surface area (Å²) in [6.07, 6.45) is 1.29. The molecule has 0 bridgehead atoms. The summed E-state index contributed by atoms with van der Waals surface area (Å²) in [6.45, 7) is 2.76. The Morgan fingerprint density at radius 3 is 2.72 bits per heavy atom. The summed E-state index contributed by atoms with van der Waals surface area (Å²) in [5.41, 5.74) is 4.76. The van der Waals surface area contributed by atoms with Gasteiger partial charge in [0.25, 0.3) is 0 Å². The van der Waals surface area contributed by atoms with E-state index in [0.717, 1.165) is 13.1 Å². The fourth-order valence-corrected chi connectivity index (χ4v) is 1.71. The smallest absolute Gasteiger partial charge is 0.234 e. The van der Waals surface area contributed by atoms with Crippen LogP contribution in [0.2, 0.25) is 0 Å². The number of nitrogens with one attached hydrogen (secondary N) is 1. The monoisotopic (exact) mass is 258 g/mol. The highest BCUT2D eigenvalue weighted by Gasteiger charge is 2.54. The third kappa shape index (κ3) is 3.58. The van der Waals surface area contributed by atoms with Crippen molar-refractivity contribution in [3.8, 4) is 0 Å². The number of ether oxygens (including phenoxy) is 1. The second-order valence-electron chi connectivity index (χ2n) is 4.62. The molecule has 0 aromatic carbocycles. The van der Waals surface area contributed by atoms with Crippen molar-refractivity contribution in [1.82, 2.24) is 10.2 Å². The Labute approximate surface area is 107 Å². The van der Waals surface area contributed by atoms with Crippen molar-refractivity contribution in [3.05, 3.63) is 0 Å². The van der Waals surface area contributed by atoms with Gasteiger partial charge in [-0.2, -0.15) is 0 Å². The number of nitrogens with two attached hydrogens (primary N) is 1. The van der Waals surface area contributed by atoms with Crippen LogP contribution in [0.25, 0.3) is 0 Å². The number of rotatable bonds is 8. The fourth-order valence-electron chi connectivity index (χ4n) is 1.71. The maximum Gasteiger partial charge on any atom is 0.234 e. The molecule has 0 aromatic heterocycles. The molecule has 104 valence electrons. The van der Waals surface area contributed by atoms with Gasteiger partial charge in [-0.25, -0.2) is 0 Å². The molecule has 0 unspecified atom stereocenters. The van der Waals surface area contributed by atoms with Crippen molar-refractivity contribution in [2.45, 2.75) is 12.8 Å². The van der Waals surface area contributed by atoms with Crippen molar-refractivity contribution in [2.75, 3.05) is 40.4 Å². The summed E-state index contributed by atoms with van der Waals surface area (Å²) in [5.74, 6) is -0.148. The zero-order valence-electron chi connectivity index (χ0n) is 11.0. The third-order valence-corrected chi connectivity index (χ3v) is 3.24. The molecule has 1 fully saturated rings. The molecule has 0 atom stereocenters. The number of oxime groups is 1. The van der Waals surface area contributed by atoms with Crippen LogP contribution >= 0.6 is 0 Å². The Morgan fingerprint density at radius 1 is 1.56 bits per heavy atom. The van der Waals surface area contributed by atoms with E-state index in [0.29, 0.717) is 26.0 Å². The third-order valence-electron chi connectivity index (χ3n) is 3.24. The average molecular weight is 258 g/mol. The number of carbonyl (C=O) groups excluding carboxylic acids is 1. The first-order chi connectivity index (χ1) is 8.56. The van der Waals surface area contributed by atoms with Crippen LogP contribution in [0.15, 0.2) is 5.16 Å². The lowest BCUT2D eigenvalue weighted by atomic mass is 10.1. The van der Waals surface area contributed by atoms with E-state index in [9.17, 15) is 4.79 Å². The normalized spacial score (nSPS) is 17.8. The number of amides is 1. The summed E-state index contributed by atoms with van der Waals surface area (Å²) in [7, 11) is 3.62. The van der Waals surface area contributed by atoms with Crippen LogP contribution in [0.1, 0.15) is 12.8 Å². The molecule has 1 aliphatic rings. The lowest BCUT2D eigenvalue weighted by Gasteiger charge is -2.18. The van der Waals surface area contributed by atoms with Crippen LogP contribution in [-0.2, 0) is 9.53 Å². The van der Waals surface area contributed by atoms with Gasteiger partial charge in [-0.1, -0.05) is 5.16 Å². The second kappa shape index (κ2) is 6.55. The van der Waals surface area contributed by atoms with Crippen LogP contribution in [0, 0.1) is 5.41 Å². The van der Waals surface area contributed by atoms with Gasteiger partial charge in [-0.15, -0.1) is 0 Å². The molecule has 0 heterocycles. The van der Waals surface area contributed by atoms with Crippen molar-refractivity contribution in [3.63, 3.8) is 0 Å². The molecule has 1 amide bonds. The zero-order valence-corrected chi connectivity index (χ0v) is 11.0. The largest absolute Gasteiger partial charge is 0.409 e. The first-order valence-corrected chi connectivity index (χ1v) is 6.00. The molecule has 1 aliphatic carbocycles. The van der Waals surface area contributed by atoms with E-state index in [1.54, 1.807) is 7.11 Å². The molecular weight excluding hydrogens is 236 g/mol. The Kier molecular flexibility index (Phi) is 5.36. The van der Waals surface area contributed by atoms with E-state index in [-0.39, 0.29) is 11.7 Å². The minimum Gasteiger partial charge on any atom is -0.409 e. The SMILES string of the molecule is COCCN(C)CCNC(=O)C1(C(N)=NO)CC1. The van der Waals surface area contributed by atoms with Crippen molar-refractivity contribution in [1.29, 1.82) is 0 Å². The van der Waals surface area contributed by atoms with Crippen LogP contribution in [-0.4, -0.2) is 62.2 Å². The molecule has 0 saturated heterocycles. The lowest BCUT2D eigenvalue weighted by molar-refractivity contribution is -0.124. The van der Waals surface area contributed by atoms with E-state index in [1.807, 2.05) is 7.05 Å². The Hall–Kier alpha value is -1.34. The van der Waals surface area contributed by atoms with Crippen molar-refractivity contribution >= 4 is 11.7 Å². The number of hydrogen-bond donors (Lipinski definition) is 3. The predicted octanol–water partition coefficient (Wildman–Crippen LogP) is -0.793. The van der Waals surface area contributed by atoms with E-state index in [2.05, 4.69) is 15.4 Å². The summed E-state index contributed by atoms with van der Waals surface area (Å²) in [6, 6.07) is 0. The first-order valence-electron chi connectivity index (χ1n) is 6.00. The number of likely N-dealkylation sites (N-methyl/N-ethyl adjacent to an activating group) is 1. The zero-order chi connectivity index (χ0) is 13.6. The number of methoxy groups -OCH3 is 1. The van der Waals surface area contributed by atoms with Crippen molar-refractivity contribution < 1.29 is 14.7 Å². The maximum absolute atomic E-state index is 11.9. The van der Waals surface area contributed by atoms with Gasteiger partial charge in [0.2, 0.25) is 5.91 Å². The number of nitrogens with zero attached hydrogens (tertiary/aromatic N) is 2. The van der Waals surface area contributed by atoms with Gasteiger partial charge >= 0.3 is 0 Å². The van der Waals surface area contributed by atoms with Crippen LogP contribution in [0.4, 0.5) is 0 Å². The topological polar surface area (TPSA) is 100 Å². The molecule has 7 nitrogen and oxygen atoms in total. The Balaban J connectivity index is 2.26. The Bertz CT molecular complexity index is 315. The molecule has 0 aromatic rings.